The van der Waals surface area contributed by atoms with E-state index in [4.69, 9.17) is 31.8 Å². The molecule has 0 amide bonds. The van der Waals surface area contributed by atoms with Crippen molar-refractivity contribution in [1.82, 2.24) is 19.5 Å². The van der Waals surface area contributed by atoms with E-state index >= 15 is 0 Å². The summed E-state index contributed by atoms with van der Waals surface area (Å²) in [6, 6.07) is 11.6. The van der Waals surface area contributed by atoms with E-state index < -0.39 is 0 Å². The predicted molar refractivity (Wildman–Crippen MR) is 119 cm³/mol. The lowest BCUT2D eigenvalue weighted by Gasteiger charge is -2.10. The smallest absolute Gasteiger partial charge is 0.231 e. The third kappa shape index (κ3) is 3.57. The first-order chi connectivity index (χ1) is 14.6. The number of benzene rings is 2. The van der Waals surface area contributed by atoms with Crippen molar-refractivity contribution in [2.45, 2.75) is 23.0 Å². The van der Waals surface area contributed by atoms with Crippen molar-refractivity contribution in [3.63, 3.8) is 0 Å². The molecule has 0 unspecified atom stereocenters. The SMILES string of the molecule is Nc1ncnc2c1nc(Sc1cc3c(cc1Br)OCO3)n2CCc1ccccc1Cl. The minimum Gasteiger partial charge on any atom is -0.454 e. The molecule has 0 bridgehead atoms. The molecule has 2 aromatic heterocycles. The Labute approximate surface area is 189 Å². The predicted octanol–water partition coefficient (Wildman–Crippen LogP) is 4.95. The van der Waals surface area contributed by atoms with Gasteiger partial charge in [0, 0.05) is 20.9 Å². The van der Waals surface area contributed by atoms with E-state index in [2.05, 4.69) is 25.9 Å². The molecule has 4 aromatic rings. The van der Waals surface area contributed by atoms with Crippen molar-refractivity contribution in [2.75, 3.05) is 12.5 Å². The van der Waals surface area contributed by atoms with Crippen LogP contribution in [-0.4, -0.2) is 26.3 Å². The fraction of sp³-hybridized carbons (Fsp3) is 0.150. The summed E-state index contributed by atoms with van der Waals surface area (Å²) in [7, 11) is 0. The number of aromatic nitrogens is 4. The van der Waals surface area contributed by atoms with Gasteiger partial charge in [0.25, 0.3) is 0 Å². The highest BCUT2D eigenvalue weighted by atomic mass is 79.9. The Morgan fingerprint density at radius 3 is 2.80 bits per heavy atom. The lowest BCUT2D eigenvalue weighted by molar-refractivity contribution is 0.174. The summed E-state index contributed by atoms with van der Waals surface area (Å²) >= 11 is 11.5. The van der Waals surface area contributed by atoms with Crippen LogP contribution in [0.25, 0.3) is 11.2 Å². The van der Waals surface area contributed by atoms with Gasteiger partial charge in [0.05, 0.1) is 0 Å². The van der Waals surface area contributed by atoms with Crippen molar-refractivity contribution >= 4 is 56.3 Å². The Hall–Kier alpha value is -2.49. The maximum Gasteiger partial charge on any atom is 0.231 e. The van der Waals surface area contributed by atoms with Crippen LogP contribution < -0.4 is 15.2 Å². The maximum atomic E-state index is 6.34. The number of nitrogen functional groups attached to an aromatic ring is 1. The van der Waals surface area contributed by atoms with Crippen molar-refractivity contribution < 1.29 is 9.47 Å². The molecule has 1 aliphatic rings. The molecule has 0 saturated heterocycles. The Balaban J connectivity index is 1.54. The van der Waals surface area contributed by atoms with Gasteiger partial charge in [-0.15, -0.1) is 0 Å². The van der Waals surface area contributed by atoms with Crippen LogP contribution in [0.15, 0.2) is 57.3 Å². The maximum absolute atomic E-state index is 6.34. The van der Waals surface area contributed by atoms with Gasteiger partial charge in [-0.3, -0.25) is 0 Å². The van der Waals surface area contributed by atoms with E-state index in [1.165, 1.54) is 18.1 Å². The monoisotopic (exact) mass is 503 g/mol. The molecule has 0 spiro atoms. The highest BCUT2D eigenvalue weighted by Gasteiger charge is 2.21. The second-order valence-electron chi connectivity index (χ2n) is 6.56. The van der Waals surface area contributed by atoms with Crippen LogP contribution in [0.3, 0.4) is 0 Å². The molecular formula is C20H15BrClN5O2S. The Morgan fingerprint density at radius 2 is 1.97 bits per heavy atom. The third-order valence-corrected chi connectivity index (χ3v) is 7.06. The van der Waals surface area contributed by atoms with E-state index in [9.17, 15) is 0 Å². The van der Waals surface area contributed by atoms with Crippen molar-refractivity contribution in [3.8, 4) is 11.5 Å². The molecule has 0 fully saturated rings. The van der Waals surface area contributed by atoms with Crippen molar-refractivity contribution in [1.29, 1.82) is 0 Å². The number of fused-ring (bicyclic) bond motifs is 2. The molecule has 152 valence electrons. The van der Waals surface area contributed by atoms with Crippen molar-refractivity contribution in [2.24, 2.45) is 0 Å². The summed E-state index contributed by atoms with van der Waals surface area (Å²) in [4.78, 5) is 14.2. The molecule has 3 heterocycles. The van der Waals surface area contributed by atoms with Crippen LogP contribution in [0.4, 0.5) is 5.82 Å². The number of hydrogen-bond donors (Lipinski definition) is 1. The van der Waals surface area contributed by atoms with E-state index in [0.29, 0.717) is 35.0 Å². The van der Waals surface area contributed by atoms with Gasteiger partial charge in [0.1, 0.15) is 6.33 Å². The lowest BCUT2D eigenvalue weighted by atomic mass is 10.1. The second kappa shape index (κ2) is 7.98. The summed E-state index contributed by atoms with van der Waals surface area (Å²) < 4.78 is 13.9. The molecule has 2 aromatic carbocycles. The minimum absolute atomic E-state index is 0.221. The molecule has 0 saturated carbocycles. The molecule has 7 nitrogen and oxygen atoms in total. The largest absolute Gasteiger partial charge is 0.454 e. The second-order valence-corrected chi connectivity index (χ2v) is 8.83. The topological polar surface area (TPSA) is 88.1 Å². The lowest BCUT2D eigenvalue weighted by Crippen LogP contribution is -2.05. The number of imidazole rings is 1. The summed E-state index contributed by atoms with van der Waals surface area (Å²) in [6.07, 6.45) is 2.18. The number of ether oxygens (including phenoxy) is 2. The number of anilines is 1. The van der Waals surface area contributed by atoms with Gasteiger partial charge in [0.15, 0.2) is 33.6 Å². The van der Waals surface area contributed by atoms with Gasteiger partial charge in [0.2, 0.25) is 6.79 Å². The van der Waals surface area contributed by atoms with E-state index in [1.54, 1.807) is 0 Å². The van der Waals surface area contributed by atoms with Crippen LogP contribution in [-0.2, 0) is 13.0 Å². The molecule has 5 rings (SSSR count). The van der Waals surface area contributed by atoms with Gasteiger partial charge in [-0.2, -0.15) is 0 Å². The van der Waals surface area contributed by atoms with E-state index in [0.717, 1.165) is 31.5 Å². The van der Waals surface area contributed by atoms with Crippen LogP contribution in [0.5, 0.6) is 11.5 Å². The summed E-state index contributed by atoms with van der Waals surface area (Å²) in [6.45, 7) is 0.861. The van der Waals surface area contributed by atoms with Crippen LogP contribution in [0.1, 0.15) is 5.56 Å². The number of aryl methyl sites for hydroxylation is 2. The molecular weight excluding hydrogens is 490 g/mol. The van der Waals surface area contributed by atoms with Crippen LogP contribution in [0.2, 0.25) is 5.02 Å². The van der Waals surface area contributed by atoms with E-state index in [1.807, 2.05) is 41.0 Å². The quantitative estimate of drug-likeness (QED) is 0.411. The number of nitrogens with two attached hydrogens (primary N) is 1. The third-order valence-electron chi connectivity index (χ3n) is 4.72. The van der Waals surface area contributed by atoms with Crippen LogP contribution >= 0.6 is 39.3 Å². The number of halogens is 2. The minimum atomic E-state index is 0.221. The van der Waals surface area contributed by atoms with Gasteiger partial charge in [-0.1, -0.05) is 41.6 Å². The zero-order chi connectivity index (χ0) is 20.7. The molecule has 10 heteroatoms. The van der Waals surface area contributed by atoms with E-state index in [-0.39, 0.29) is 6.79 Å². The van der Waals surface area contributed by atoms with Gasteiger partial charge in [-0.25, -0.2) is 15.0 Å². The fourth-order valence-corrected chi connectivity index (χ4v) is 4.96. The molecule has 0 radical (unpaired) electrons. The zero-order valence-corrected chi connectivity index (χ0v) is 18.7. The highest BCUT2D eigenvalue weighted by Crippen LogP contribution is 2.43. The average Bonchev–Trinajstić information content (AvgIpc) is 3.32. The van der Waals surface area contributed by atoms with Gasteiger partial charge < -0.3 is 19.8 Å². The van der Waals surface area contributed by atoms with Gasteiger partial charge >= 0.3 is 0 Å². The Kier molecular flexibility index (Phi) is 5.18. The summed E-state index contributed by atoms with van der Waals surface area (Å²) in [5.41, 5.74) is 8.39. The molecule has 1 aliphatic heterocycles. The molecule has 30 heavy (non-hydrogen) atoms. The summed E-state index contributed by atoms with van der Waals surface area (Å²) in [5, 5.41) is 1.49. The zero-order valence-electron chi connectivity index (χ0n) is 15.5. The first-order valence-electron chi connectivity index (χ1n) is 9.07. The molecule has 0 atom stereocenters. The summed E-state index contributed by atoms with van der Waals surface area (Å²) in [5.74, 6) is 1.77. The normalized spacial score (nSPS) is 12.6. The highest BCUT2D eigenvalue weighted by molar-refractivity contribution is 9.10. The molecule has 0 aliphatic carbocycles. The Morgan fingerprint density at radius 1 is 1.17 bits per heavy atom. The van der Waals surface area contributed by atoms with Gasteiger partial charge in [-0.05, 0) is 46.1 Å². The standard InChI is InChI=1S/C20H15BrClN5O2S/c21-12-7-14-15(29-10-28-14)8-16(12)30-20-26-17-18(23)24-9-25-19(17)27(20)6-5-11-3-1-2-4-13(11)22/h1-4,7-9H,5-6,10H2,(H2,23,24,25). The first-order valence-corrected chi connectivity index (χ1v) is 11.1. The van der Waals surface area contributed by atoms with Crippen molar-refractivity contribution in [3.05, 3.63) is 57.8 Å². The number of rotatable bonds is 5. The average molecular weight is 505 g/mol. The first kappa shape index (κ1) is 19.5. The number of nitrogens with zero attached hydrogens (tertiary/aromatic N) is 4. The fourth-order valence-electron chi connectivity index (χ4n) is 3.22. The Bertz CT molecular complexity index is 1270. The van der Waals surface area contributed by atoms with Crippen LogP contribution in [0, 0.1) is 0 Å². The molecule has 2 N–H and O–H groups in total. The number of hydrogen-bond acceptors (Lipinski definition) is 7.